The van der Waals surface area contributed by atoms with E-state index in [9.17, 15) is 4.79 Å². The predicted octanol–water partition coefficient (Wildman–Crippen LogP) is 2.11. The Balaban J connectivity index is 2.54. The van der Waals surface area contributed by atoms with Gasteiger partial charge in [0, 0.05) is 7.05 Å². The van der Waals surface area contributed by atoms with Crippen LogP contribution in [0.5, 0.6) is 0 Å². The zero-order chi connectivity index (χ0) is 11.1. The number of hydrazone groups is 1. The molecule has 0 aliphatic carbocycles. The lowest BCUT2D eigenvalue weighted by Crippen LogP contribution is -2.22. The number of rotatable bonds is 3. The fraction of sp³-hybridized carbons (Fsp3) is 0.273. The first-order chi connectivity index (χ1) is 7.24. The zero-order valence-corrected chi connectivity index (χ0v) is 8.88. The van der Waals surface area contributed by atoms with Gasteiger partial charge >= 0.3 is 6.09 Å². The second-order valence-electron chi connectivity index (χ2n) is 2.88. The van der Waals surface area contributed by atoms with E-state index < -0.39 is 6.09 Å². The Bertz CT molecular complexity index is 336. The maximum absolute atomic E-state index is 11.2. The van der Waals surface area contributed by atoms with E-state index >= 15 is 0 Å². The summed E-state index contributed by atoms with van der Waals surface area (Å²) >= 11 is 0. The Morgan fingerprint density at radius 2 is 2.13 bits per heavy atom. The van der Waals surface area contributed by atoms with Crippen molar-refractivity contribution in [1.29, 1.82) is 0 Å². The molecular weight excluding hydrogens is 192 g/mol. The van der Waals surface area contributed by atoms with Gasteiger partial charge in [0.2, 0.25) is 0 Å². The molecule has 0 unspecified atom stereocenters. The lowest BCUT2D eigenvalue weighted by molar-refractivity contribution is 0.117. The number of carbonyl (C=O) groups is 1. The van der Waals surface area contributed by atoms with Crippen LogP contribution in [0.15, 0.2) is 35.4 Å². The zero-order valence-electron chi connectivity index (χ0n) is 8.88. The highest BCUT2D eigenvalue weighted by Gasteiger charge is 2.05. The van der Waals surface area contributed by atoms with E-state index in [-0.39, 0.29) is 0 Å². The summed E-state index contributed by atoms with van der Waals surface area (Å²) in [5, 5.41) is 5.11. The van der Waals surface area contributed by atoms with Gasteiger partial charge in [0.15, 0.2) is 0 Å². The van der Waals surface area contributed by atoms with Gasteiger partial charge in [0.1, 0.15) is 0 Å². The summed E-state index contributed by atoms with van der Waals surface area (Å²) in [5.74, 6) is 0. The van der Waals surface area contributed by atoms with E-state index in [4.69, 9.17) is 4.74 Å². The molecule has 0 heterocycles. The molecule has 0 saturated heterocycles. The van der Waals surface area contributed by atoms with Crippen molar-refractivity contribution < 1.29 is 9.53 Å². The van der Waals surface area contributed by atoms with E-state index in [0.29, 0.717) is 6.61 Å². The minimum atomic E-state index is -0.454. The van der Waals surface area contributed by atoms with Crippen LogP contribution in [0.3, 0.4) is 0 Å². The number of amides is 1. The van der Waals surface area contributed by atoms with Crippen molar-refractivity contribution in [1.82, 2.24) is 5.01 Å². The molecule has 0 aliphatic rings. The van der Waals surface area contributed by atoms with Crippen molar-refractivity contribution in [3.63, 3.8) is 0 Å². The molecule has 0 N–H and O–H groups in total. The Labute approximate surface area is 89.2 Å². The summed E-state index contributed by atoms with van der Waals surface area (Å²) < 4.78 is 4.77. The molecule has 0 fully saturated rings. The maximum Gasteiger partial charge on any atom is 0.430 e. The summed E-state index contributed by atoms with van der Waals surface area (Å²) in [6, 6.07) is 9.55. The topological polar surface area (TPSA) is 41.9 Å². The molecule has 4 heteroatoms. The Kier molecular flexibility index (Phi) is 4.34. The molecule has 0 saturated carbocycles. The van der Waals surface area contributed by atoms with Crippen LogP contribution in [-0.2, 0) is 4.74 Å². The van der Waals surface area contributed by atoms with Crippen LogP contribution in [0.25, 0.3) is 0 Å². The molecule has 1 aromatic carbocycles. The van der Waals surface area contributed by atoms with Crippen LogP contribution in [0.1, 0.15) is 12.5 Å². The van der Waals surface area contributed by atoms with E-state index in [1.807, 2.05) is 30.3 Å². The molecule has 0 aromatic heterocycles. The lowest BCUT2D eigenvalue weighted by Gasteiger charge is -2.09. The van der Waals surface area contributed by atoms with Gasteiger partial charge in [0.05, 0.1) is 12.8 Å². The molecule has 0 atom stereocenters. The van der Waals surface area contributed by atoms with Crippen molar-refractivity contribution >= 4 is 12.3 Å². The van der Waals surface area contributed by atoms with E-state index in [1.54, 1.807) is 20.2 Å². The second-order valence-corrected chi connectivity index (χ2v) is 2.88. The summed E-state index contributed by atoms with van der Waals surface area (Å²) in [5.41, 5.74) is 0.939. The third-order valence-corrected chi connectivity index (χ3v) is 1.71. The van der Waals surface area contributed by atoms with Crippen LogP contribution < -0.4 is 0 Å². The van der Waals surface area contributed by atoms with Crippen LogP contribution in [0, 0.1) is 0 Å². The Hall–Kier alpha value is -1.84. The van der Waals surface area contributed by atoms with Gasteiger partial charge in [-0.05, 0) is 12.5 Å². The average Bonchev–Trinajstić information content (AvgIpc) is 2.27. The third-order valence-electron chi connectivity index (χ3n) is 1.71. The molecule has 15 heavy (non-hydrogen) atoms. The van der Waals surface area contributed by atoms with Gasteiger partial charge in [-0.25, -0.2) is 9.80 Å². The Morgan fingerprint density at radius 3 is 2.73 bits per heavy atom. The van der Waals surface area contributed by atoms with E-state index in [2.05, 4.69) is 5.10 Å². The van der Waals surface area contributed by atoms with Gasteiger partial charge in [-0.3, -0.25) is 0 Å². The highest BCUT2D eigenvalue weighted by molar-refractivity contribution is 5.80. The molecular formula is C11H14N2O2. The molecule has 1 rings (SSSR count). The summed E-state index contributed by atoms with van der Waals surface area (Å²) in [4.78, 5) is 11.2. The molecule has 80 valence electrons. The number of hydrogen-bond acceptors (Lipinski definition) is 3. The number of carbonyl (C=O) groups excluding carboxylic acids is 1. The predicted molar refractivity (Wildman–Crippen MR) is 58.8 cm³/mol. The summed E-state index contributed by atoms with van der Waals surface area (Å²) in [6.45, 7) is 2.11. The smallest absolute Gasteiger partial charge is 0.430 e. The molecule has 0 bridgehead atoms. The Morgan fingerprint density at radius 1 is 1.47 bits per heavy atom. The number of nitrogens with zero attached hydrogens (tertiary/aromatic N) is 2. The second kappa shape index (κ2) is 5.80. The van der Waals surface area contributed by atoms with Gasteiger partial charge in [-0.1, -0.05) is 30.3 Å². The van der Waals surface area contributed by atoms with Crippen LogP contribution in [0.4, 0.5) is 4.79 Å². The molecule has 4 nitrogen and oxygen atoms in total. The lowest BCUT2D eigenvalue weighted by atomic mass is 10.2. The summed E-state index contributed by atoms with van der Waals surface area (Å²) in [6.07, 6.45) is 1.15. The normalized spacial score (nSPS) is 10.3. The minimum Gasteiger partial charge on any atom is -0.448 e. The fourth-order valence-corrected chi connectivity index (χ4v) is 0.956. The van der Waals surface area contributed by atoms with Gasteiger partial charge < -0.3 is 4.74 Å². The average molecular weight is 206 g/mol. The van der Waals surface area contributed by atoms with Crippen molar-refractivity contribution in [3.05, 3.63) is 35.9 Å². The molecule has 0 spiro atoms. The third kappa shape index (κ3) is 3.81. The summed E-state index contributed by atoms with van der Waals surface area (Å²) in [7, 11) is 1.55. The first-order valence-electron chi connectivity index (χ1n) is 4.73. The van der Waals surface area contributed by atoms with Gasteiger partial charge in [-0.2, -0.15) is 5.10 Å². The van der Waals surface area contributed by atoms with E-state index in [0.717, 1.165) is 10.6 Å². The number of benzene rings is 1. The SMILES string of the molecule is CCOC(=O)N(C)N=Cc1ccccc1. The van der Waals surface area contributed by atoms with Crippen LogP contribution >= 0.6 is 0 Å². The largest absolute Gasteiger partial charge is 0.448 e. The first-order valence-corrected chi connectivity index (χ1v) is 4.73. The van der Waals surface area contributed by atoms with Crippen LogP contribution in [-0.4, -0.2) is 31.0 Å². The number of ether oxygens (including phenoxy) is 1. The van der Waals surface area contributed by atoms with Crippen molar-refractivity contribution in [2.45, 2.75) is 6.92 Å². The van der Waals surface area contributed by atoms with Crippen LogP contribution in [0.2, 0.25) is 0 Å². The molecule has 0 aliphatic heterocycles. The molecule has 1 aromatic rings. The maximum atomic E-state index is 11.2. The number of hydrogen-bond donors (Lipinski definition) is 0. The van der Waals surface area contributed by atoms with Crippen molar-refractivity contribution in [2.24, 2.45) is 5.10 Å². The monoisotopic (exact) mass is 206 g/mol. The molecule has 0 radical (unpaired) electrons. The highest BCUT2D eigenvalue weighted by Crippen LogP contribution is 1.96. The van der Waals surface area contributed by atoms with Gasteiger partial charge in [-0.15, -0.1) is 0 Å². The standard InChI is InChI=1S/C11H14N2O2/c1-3-15-11(14)13(2)12-9-10-7-5-4-6-8-10/h4-9H,3H2,1-2H3. The highest BCUT2D eigenvalue weighted by atomic mass is 16.6. The fourth-order valence-electron chi connectivity index (χ4n) is 0.956. The minimum absolute atomic E-state index is 0.351. The quantitative estimate of drug-likeness (QED) is 0.561. The van der Waals surface area contributed by atoms with E-state index in [1.165, 1.54) is 0 Å². The first kappa shape index (κ1) is 11.2. The van der Waals surface area contributed by atoms with Gasteiger partial charge in [0.25, 0.3) is 0 Å². The molecule has 1 amide bonds. The van der Waals surface area contributed by atoms with Crippen molar-refractivity contribution in [2.75, 3.05) is 13.7 Å². The van der Waals surface area contributed by atoms with Crippen molar-refractivity contribution in [3.8, 4) is 0 Å².